The molecule has 1 unspecified atom stereocenters. The first-order valence-corrected chi connectivity index (χ1v) is 11.3. The van der Waals surface area contributed by atoms with Crippen molar-refractivity contribution in [2.75, 3.05) is 42.2 Å². The highest BCUT2D eigenvalue weighted by molar-refractivity contribution is 5.71. The summed E-state index contributed by atoms with van der Waals surface area (Å²) in [5.74, 6) is 2.22. The zero-order valence-corrected chi connectivity index (χ0v) is 19.4. The molecular formula is C22H29FN10. The van der Waals surface area contributed by atoms with Crippen molar-refractivity contribution < 1.29 is 4.39 Å². The monoisotopic (exact) mass is 452 g/mol. The molecule has 0 spiro atoms. The van der Waals surface area contributed by atoms with Crippen molar-refractivity contribution in [1.29, 1.82) is 0 Å². The second kappa shape index (κ2) is 8.54. The molecule has 1 saturated heterocycles. The van der Waals surface area contributed by atoms with Crippen molar-refractivity contribution in [3.05, 3.63) is 35.5 Å². The molecule has 1 saturated carbocycles. The highest BCUT2D eigenvalue weighted by atomic mass is 19.1. The number of anilines is 5. The van der Waals surface area contributed by atoms with E-state index in [1.807, 2.05) is 13.2 Å². The molecule has 0 radical (unpaired) electrons. The van der Waals surface area contributed by atoms with E-state index in [1.165, 1.54) is 0 Å². The van der Waals surface area contributed by atoms with Crippen LogP contribution in [0.5, 0.6) is 0 Å². The van der Waals surface area contributed by atoms with Crippen molar-refractivity contribution in [1.82, 2.24) is 34.8 Å². The number of halogens is 1. The number of piperazine rings is 1. The maximum atomic E-state index is 14.5. The molecule has 1 atom stereocenters. The van der Waals surface area contributed by atoms with E-state index in [4.69, 9.17) is 4.98 Å². The number of aryl methyl sites for hydroxylation is 2. The highest BCUT2D eigenvalue weighted by Gasteiger charge is 2.28. The van der Waals surface area contributed by atoms with Crippen LogP contribution in [0.4, 0.5) is 33.5 Å². The lowest BCUT2D eigenvalue weighted by Crippen LogP contribution is -2.50. The maximum absolute atomic E-state index is 14.5. The topological polar surface area (TPSA) is 99.9 Å². The Hall–Kier alpha value is -3.34. The van der Waals surface area contributed by atoms with E-state index in [9.17, 15) is 4.39 Å². The van der Waals surface area contributed by atoms with Crippen LogP contribution in [0.25, 0.3) is 0 Å². The molecule has 5 rings (SSSR count). The molecule has 1 aliphatic carbocycles. The van der Waals surface area contributed by atoms with Crippen LogP contribution in [0.1, 0.15) is 36.9 Å². The molecule has 2 aliphatic rings. The minimum atomic E-state index is -0.214. The van der Waals surface area contributed by atoms with Crippen molar-refractivity contribution in [3.63, 3.8) is 0 Å². The van der Waals surface area contributed by atoms with Gasteiger partial charge < -0.3 is 20.4 Å². The summed E-state index contributed by atoms with van der Waals surface area (Å²) in [5.41, 5.74) is 1.99. The third-order valence-electron chi connectivity index (χ3n) is 6.33. The van der Waals surface area contributed by atoms with Gasteiger partial charge in [-0.1, -0.05) is 5.21 Å². The number of rotatable bonds is 6. The summed E-state index contributed by atoms with van der Waals surface area (Å²) < 4.78 is 16.1. The van der Waals surface area contributed by atoms with Crippen molar-refractivity contribution in [2.45, 2.75) is 38.6 Å². The van der Waals surface area contributed by atoms with Gasteiger partial charge in [-0.25, -0.2) is 14.4 Å². The average Bonchev–Trinajstić information content (AvgIpc) is 3.55. The van der Waals surface area contributed by atoms with E-state index in [0.717, 1.165) is 38.2 Å². The van der Waals surface area contributed by atoms with Crippen LogP contribution in [0.2, 0.25) is 0 Å². The summed E-state index contributed by atoms with van der Waals surface area (Å²) >= 11 is 0. The number of hydrogen-bond acceptors (Lipinski definition) is 9. The lowest BCUT2D eigenvalue weighted by Gasteiger charge is -2.39. The number of pyridine rings is 1. The van der Waals surface area contributed by atoms with Gasteiger partial charge in [0.25, 0.3) is 0 Å². The molecule has 0 bridgehead atoms. The summed E-state index contributed by atoms with van der Waals surface area (Å²) in [7, 11) is 3.95. The normalized spacial score (nSPS) is 19.1. The fraction of sp³-hybridized carbons (Fsp3) is 0.500. The van der Waals surface area contributed by atoms with Crippen LogP contribution in [-0.2, 0) is 7.05 Å². The fourth-order valence-electron chi connectivity index (χ4n) is 4.10. The molecule has 0 amide bonds. The van der Waals surface area contributed by atoms with Gasteiger partial charge in [0.15, 0.2) is 11.6 Å². The second-order valence-corrected chi connectivity index (χ2v) is 9.00. The number of nitrogens with zero attached hydrogens (tertiary/aromatic N) is 8. The molecule has 3 aromatic heterocycles. The third-order valence-corrected chi connectivity index (χ3v) is 6.33. The molecule has 174 valence electrons. The van der Waals surface area contributed by atoms with Gasteiger partial charge in [-0.2, -0.15) is 4.98 Å². The van der Waals surface area contributed by atoms with Gasteiger partial charge in [0.05, 0.1) is 23.8 Å². The second-order valence-electron chi connectivity index (χ2n) is 9.00. The molecule has 10 nitrogen and oxygen atoms in total. The maximum Gasteiger partial charge on any atom is 0.230 e. The van der Waals surface area contributed by atoms with Gasteiger partial charge in [-0.05, 0) is 51.3 Å². The first-order valence-electron chi connectivity index (χ1n) is 11.3. The van der Waals surface area contributed by atoms with E-state index < -0.39 is 0 Å². The van der Waals surface area contributed by atoms with Crippen LogP contribution in [0.3, 0.4) is 0 Å². The zero-order valence-electron chi connectivity index (χ0n) is 19.4. The van der Waals surface area contributed by atoms with Gasteiger partial charge in [-0.3, -0.25) is 4.68 Å². The van der Waals surface area contributed by atoms with Crippen molar-refractivity contribution in [3.8, 4) is 0 Å². The van der Waals surface area contributed by atoms with Crippen LogP contribution in [-0.4, -0.2) is 67.6 Å². The minimum Gasteiger partial charge on any atom is -0.364 e. The number of aromatic nitrogens is 6. The Morgan fingerprint density at radius 2 is 1.91 bits per heavy atom. The lowest BCUT2D eigenvalue weighted by molar-refractivity contribution is 0.234. The Balaban J connectivity index is 1.46. The van der Waals surface area contributed by atoms with Crippen LogP contribution < -0.4 is 15.5 Å². The largest absolute Gasteiger partial charge is 0.364 e. The molecule has 33 heavy (non-hydrogen) atoms. The summed E-state index contributed by atoms with van der Waals surface area (Å²) in [5, 5.41) is 14.6. The van der Waals surface area contributed by atoms with E-state index in [0.29, 0.717) is 40.7 Å². The molecule has 0 aromatic carbocycles. The van der Waals surface area contributed by atoms with Crippen molar-refractivity contribution >= 4 is 29.1 Å². The van der Waals surface area contributed by atoms with E-state index in [1.54, 1.807) is 23.9 Å². The Bertz CT molecular complexity index is 1160. The van der Waals surface area contributed by atoms with Crippen molar-refractivity contribution in [2.24, 2.45) is 7.05 Å². The molecule has 2 N–H and O–H groups in total. The first-order chi connectivity index (χ1) is 15.9. The Labute approximate surface area is 192 Å². The average molecular weight is 453 g/mol. The molecule has 1 aliphatic heterocycles. The fourth-order valence-corrected chi connectivity index (χ4v) is 4.10. The predicted octanol–water partition coefficient (Wildman–Crippen LogP) is 2.95. The van der Waals surface area contributed by atoms with Gasteiger partial charge in [0.2, 0.25) is 5.95 Å². The van der Waals surface area contributed by atoms with Crippen LogP contribution in [0.15, 0.2) is 18.5 Å². The quantitative estimate of drug-likeness (QED) is 0.585. The van der Waals surface area contributed by atoms with Crippen LogP contribution in [0, 0.1) is 12.7 Å². The summed E-state index contributed by atoms with van der Waals surface area (Å²) in [4.78, 5) is 18.3. The van der Waals surface area contributed by atoms with E-state index in [-0.39, 0.29) is 11.7 Å². The first kappa shape index (κ1) is 21.5. The SMILES string of the molecule is Cc1nc(Nc2ncc(N3CCN(C)C(C)C3)c(Nc3cn(C)nn3)n2)cc(C2CC2)c1F. The van der Waals surface area contributed by atoms with Gasteiger partial charge in [-0.15, -0.1) is 5.10 Å². The smallest absolute Gasteiger partial charge is 0.230 e. The number of likely N-dealkylation sites (N-methyl/N-ethyl adjacent to an activating group) is 1. The van der Waals surface area contributed by atoms with Gasteiger partial charge >= 0.3 is 0 Å². The Morgan fingerprint density at radius 1 is 1.09 bits per heavy atom. The zero-order chi connectivity index (χ0) is 23.1. The molecule has 11 heteroatoms. The van der Waals surface area contributed by atoms with E-state index >= 15 is 0 Å². The summed E-state index contributed by atoms with van der Waals surface area (Å²) in [6, 6.07) is 2.18. The number of nitrogens with one attached hydrogen (secondary N) is 2. The standard InChI is InChI=1S/C22H29FN10/c1-13-11-33(8-7-31(13)3)17-10-24-22(28-21(17)26-19-12-32(4)30-29-19)27-18-9-16(15-5-6-15)20(23)14(2)25-18/h9-10,12-13,15H,5-8,11H2,1-4H3,(H2,24,25,26,27,28). The Morgan fingerprint density at radius 3 is 2.61 bits per heavy atom. The van der Waals surface area contributed by atoms with Gasteiger partial charge in [0, 0.05) is 32.7 Å². The molecule has 4 heterocycles. The summed E-state index contributed by atoms with van der Waals surface area (Å²) in [6.45, 7) is 6.58. The Kier molecular flexibility index (Phi) is 5.57. The van der Waals surface area contributed by atoms with Crippen LogP contribution >= 0.6 is 0 Å². The highest BCUT2D eigenvalue weighted by Crippen LogP contribution is 2.42. The third kappa shape index (κ3) is 4.58. The van der Waals surface area contributed by atoms with Gasteiger partial charge in [0.1, 0.15) is 11.6 Å². The molecule has 2 fully saturated rings. The number of hydrogen-bond donors (Lipinski definition) is 2. The molecular weight excluding hydrogens is 423 g/mol. The predicted molar refractivity (Wildman–Crippen MR) is 125 cm³/mol. The molecule has 3 aromatic rings. The minimum absolute atomic E-state index is 0.214. The lowest BCUT2D eigenvalue weighted by atomic mass is 10.1. The van der Waals surface area contributed by atoms with E-state index in [2.05, 4.69) is 54.7 Å². The summed E-state index contributed by atoms with van der Waals surface area (Å²) in [6.07, 6.45) is 5.63.